The van der Waals surface area contributed by atoms with Crippen LogP contribution in [0.2, 0.25) is 0 Å². The predicted molar refractivity (Wildman–Crippen MR) is 148 cm³/mol. The molecule has 196 valence electrons. The lowest BCUT2D eigenvalue weighted by molar-refractivity contribution is -0.128. The molecule has 4 aromatic rings. The van der Waals surface area contributed by atoms with Crippen LogP contribution < -0.4 is 10.2 Å². The number of carbonyl (C=O) groups excluding carboxylic acids is 3. The Labute approximate surface area is 222 Å². The molecule has 2 amide bonds. The molecule has 1 heterocycles. The third-order valence-electron chi connectivity index (χ3n) is 6.86. The first-order valence-electron chi connectivity index (χ1n) is 12.7. The predicted octanol–water partition coefficient (Wildman–Crippen LogP) is 5.02. The Hall–Kier alpha value is -4.33. The molecule has 1 atom stereocenters. The molecular formula is C30H33N5O3. The van der Waals surface area contributed by atoms with Gasteiger partial charge in [-0.25, -0.2) is 4.68 Å². The van der Waals surface area contributed by atoms with Crippen molar-refractivity contribution in [3.8, 4) is 0 Å². The summed E-state index contributed by atoms with van der Waals surface area (Å²) in [5, 5.41) is 11.5. The lowest BCUT2D eigenvalue weighted by atomic mass is 9.95. The monoisotopic (exact) mass is 511 g/mol. The number of ketones is 1. The summed E-state index contributed by atoms with van der Waals surface area (Å²) < 4.78 is 1.54. The van der Waals surface area contributed by atoms with E-state index in [1.54, 1.807) is 24.3 Å². The minimum Gasteiger partial charge on any atom is -0.349 e. The van der Waals surface area contributed by atoms with Crippen LogP contribution in [0.15, 0.2) is 72.8 Å². The number of nitrogens with zero attached hydrogens (tertiary/aromatic N) is 4. The second-order valence-corrected chi connectivity index (χ2v) is 10.1. The summed E-state index contributed by atoms with van der Waals surface area (Å²) in [6.07, 6.45) is 0.714. The first-order chi connectivity index (χ1) is 18.1. The van der Waals surface area contributed by atoms with Gasteiger partial charge >= 0.3 is 0 Å². The highest BCUT2D eigenvalue weighted by Crippen LogP contribution is 2.31. The topological polar surface area (TPSA) is 97.2 Å². The van der Waals surface area contributed by atoms with Crippen molar-refractivity contribution in [2.75, 3.05) is 4.90 Å². The highest BCUT2D eigenvalue weighted by Gasteiger charge is 2.36. The molecule has 0 bridgehead atoms. The largest absolute Gasteiger partial charge is 0.349 e. The van der Waals surface area contributed by atoms with Crippen molar-refractivity contribution < 1.29 is 14.4 Å². The molecule has 8 nitrogen and oxygen atoms in total. The standard InChI is InChI=1S/C30H33N5O3/c1-6-30(4,5)31-29(38)28(24-12-8-7-11-20(24)2)35(23-17-15-22(16-18-23)21(3)36)27(37)19-34-26-14-10-9-13-25(26)32-33-34/h7-18,28H,6,19H2,1-5H3,(H,31,38)/t28-/m1/s1. The third-order valence-corrected chi connectivity index (χ3v) is 6.86. The molecule has 8 heteroatoms. The summed E-state index contributed by atoms with van der Waals surface area (Å²) in [6, 6.07) is 20.8. The van der Waals surface area contributed by atoms with Crippen LogP contribution in [0.4, 0.5) is 5.69 Å². The molecule has 1 aromatic heterocycles. The Morgan fingerprint density at radius 2 is 1.63 bits per heavy atom. The van der Waals surface area contributed by atoms with Gasteiger partial charge in [-0.15, -0.1) is 5.10 Å². The van der Waals surface area contributed by atoms with Crippen LogP contribution in [0, 0.1) is 6.92 Å². The molecule has 0 aliphatic rings. The van der Waals surface area contributed by atoms with Crippen molar-refractivity contribution in [3.63, 3.8) is 0 Å². The molecule has 1 N–H and O–H groups in total. The molecule has 0 fully saturated rings. The maximum absolute atomic E-state index is 14.1. The van der Waals surface area contributed by atoms with E-state index >= 15 is 0 Å². The van der Waals surface area contributed by atoms with E-state index in [2.05, 4.69) is 15.6 Å². The Morgan fingerprint density at radius 1 is 0.974 bits per heavy atom. The van der Waals surface area contributed by atoms with E-state index in [0.717, 1.165) is 11.1 Å². The molecule has 38 heavy (non-hydrogen) atoms. The molecule has 0 aliphatic heterocycles. The second kappa shape index (κ2) is 11.0. The number of carbonyl (C=O) groups is 3. The molecule has 0 saturated carbocycles. The Bertz CT molecular complexity index is 1470. The first-order valence-corrected chi connectivity index (χ1v) is 12.7. The summed E-state index contributed by atoms with van der Waals surface area (Å²) in [5.74, 6) is -0.714. The molecule has 0 unspecified atom stereocenters. The Morgan fingerprint density at radius 3 is 2.29 bits per heavy atom. The Kier molecular flexibility index (Phi) is 7.71. The van der Waals surface area contributed by atoms with Crippen molar-refractivity contribution in [1.82, 2.24) is 20.3 Å². The van der Waals surface area contributed by atoms with Gasteiger partial charge in [-0.1, -0.05) is 48.5 Å². The number of nitrogens with one attached hydrogen (secondary N) is 1. The van der Waals surface area contributed by atoms with Crippen LogP contribution in [-0.4, -0.2) is 38.1 Å². The lowest BCUT2D eigenvalue weighted by Gasteiger charge is -2.35. The molecule has 4 rings (SSSR count). The van der Waals surface area contributed by atoms with Gasteiger partial charge in [0.1, 0.15) is 18.1 Å². The van der Waals surface area contributed by atoms with Crippen LogP contribution in [0.5, 0.6) is 0 Å². The summed E-state index contributed by atoms with van der Waals surface area (Å²) in [7, 11) is 0. The molecular weight excluding hydrogens is 478 g/mol. The fraction of sp³-hybridized carbons (Fsp3) is 0.300. The van der Waals surface area contributed by atoms with E-state index in [1.807, 2.05) is 76.2 Å². The van der Waals surface area contributed by atoms with Gasteiger partial charge in [0.2, 0.25) is 11.8 Å². The van der Waals surface area contributed by atoms with Crippen molar-refractivity contribution in [1.29, 1.82) is 0 Å². The highest BCUT2D eigenvalue weighted by molar-refractivity contribution is 6.02. The average Bonchev–Trinajstić information content (AvgIpc) is 3.30. The summed E-state index contributed by atoms with van der Waals surface area (Å²) >= 11 is 0. The van der Waals surface area contributed by atoms with Crippen molar-refractivity contribution in [3.05, 3.63) is 89.5 Å². The van der Waals surface area contributed by atoms with Crippen LogP contribution >= 0.6 is 0 Å². The van der Waals surface area contributed by atoms with Gasteiger partial charge in [-0.2, -0.15) is 0 Å². The fourth-order valence-corrected chi connectivity index (χ4v) is 4.31. The fourth-order valence-electron chi connectivity index (χ4n) is 4.31. The smallest absolute Gasteiger partial charge is 0.249 e. The number of amides is 2. The number of rotatable bonds is 9. The van der Waals surface area contributed by atoms with E-state index in [9.17, 15) is 14.4 Å². The maximum atomic E-state index is 14.1. The quantitative estimate of drug-likeness (QED) is 0.318. The van der Waals surface area contributed by atoms with Crippen LogP contribution in [0.1, 0.15) is 61.6 Å². The number of hydrogen-bond acceptors (Lipinski definition) is 5. The number of anilines is 1. The van der Waals surface area contributed by atoms with Crippen LogP contribution in [0.3, 0.4) is 0 Å². The average molecular weight is 512 g/mol. The van der Waals surface area contributed by atoms with Gasteiger partial charge in [0.05, 0.1) is 5.52 Å². The second-order valence-electron chi connectivity index (χ2n) is 10.1. The minimum atomic E-state index is -0.951. The number of hydrogen-bond donors (Lipinski definition) is 1. The maximum Gasteiger partial charge on any atom is 0.249 e. The zero-order valence-corrected chi connectivity index (χ0v) is 22.4. The van der Waals surface area contributed by atoms with Crippen molar-refractivity contribution >= 4 is 34.3 Å². The van der Waals surface area contributed by atoms with Gasteiger partial charge in [0, 0.05) is 16.8 Å². The van der Waals surface area contributed by atoms with E-state index in [1.165, 1.54) is 16.5 Å². The van der Waals surface area contributed by atoms with Crippen molar-refractivity contribution in [2.45, 2.75) is 59.2 Å². The SMILES string of the molecule is CCC(C)(C)NC(=O)[C@@H](c1ccccc1C)N(C(=O)Cn1nnc2ccccc21)c1ccc(C(C)=O)cc1. The molecule has 0 spiro atoms. The third kappa shape index (κ3) is 5.64. The number of para-hydroxylation sites is 1. The minimum absolute atomic E-state index is 0.0820. The molecule has 3 aromatic carbocycles. The van der Waals surface area contributed by atoms with Gasteiger partial charge in [-0.3, -0.25) is 19.3 Å². The highest BCUT2D eigenvalue weighted by atomic mass is 16.2. The first kappa shape index (κ1) is 26.7. The van der Waals surface area contributed by atoms with E-state index in [4.69, 9.17) is 0 Å². The number of Topliss-reactive ketones (excluding diaryl/α,β-unsaturated/α-hetero) is 1. The van der Waals surface area contributed by atoms with Gasteiger partial charge in [-0.05, 0) is 81.6 Å². The van der Waals surface area contributed by atoms with Crippen LogP contribution in [-0.2, 0) is 16.1 Å². The zero-order chi connectivity index (χ0) is 27.4. The lowest BCUT2D eigenvalue weighted by Crippen LogP contribution is -2.51. The molecule has 0 radical (unpaired) electrons. The number of aryl methyl sites for hydroxylation is 1. The number of aromatic nitrogens is 3. The van der Waals surface area contributed by atoms with E-state index < -0.39 is 11.6 Å². The van der Waals surface area contributed by atoms with Gasteiger partial charge in [0.25, 0.3) is 0 Å². The zero-order valence-electron chi connectivity index (χ0n) is 22.4. The molecule has 0 saturated heterocycles. The summed E-state index contributed by atoms with van der Waals surface area (Å²) in [5.41, 5.74) is 3.53. The van der Waals surface area contributed by atoms with Gasteiger partial charge in [0.15, 0.2) is 5.78 Å². The Balaban J connectivity index is 1.85. The number of benzene rings is 3. The van der Waals surface area contributed by atoms with E-state index in [-0.39, 0.29) is 24.1 Å². The van der Waals surface area contributed by atoms with E-state index in [0.29, 0.717) is 28.8 Å². The summed E-state index contributed by atoms with van der Waals surface area (Å²) in [4.78, 5) is 41.6. The summed E-state index contributed by atoms with van der Waals surface area (Å²) in [6.45, 7) is 9.20. The van der Waals surface area contributed by atoms with Crippen LogP contribution in [0.25, 0.3) is 11.0 Å². The number of fused-ring (bicyclic) bond motifs is 1. The molecule has 0 aliphatic carbocycles. The van der Waals surface area contributed by atoms with Crippen molar-refractivity contribution in [2.24, 2.45) is 0 Å². The van der Waals surface area contributed by atoms with Gasteiger partial charge < -0.3 is 5.32 Å². The normalized spacial score (nSPS) is 12.2.